The van der Waals surface area contributed by atoms with Gasteiger partial charge in [-0.3, -0.25) is 4.79 Å². The number of hydrogen-bond donors (Lipinski definition) is 2. The van der Waals surface area contributed by atoms with Gasteiger partial charge in [0.05, 0.1) is 18.3 Å². The molecule has 128 valence electrons. The number of amides is 1. The molecule has 1 amide bonds. The fraction of sp³-hybridized carbons (Fsp3) is 0.444. The maximum Gasteiger partial charge on any atom is 0.240 e. The van der Waals surface area contributed by atoms with Gasteiger partial charge in [0.25, 0.3) is 0 Å². The van der Waals surface area contributed by atoms with E-state index in [0.717, 1.165) is 37.3 Å². The Balaban J connectivity index is 1.51. The monoisotopic (exact) mass is 345 g/mol. The minimum atomic E-state index is -0.0750. The van der Waals surface area contributed by atoms with Crippen LogP contribution in [0, 0.1) is 13.8 Å². The highest BCUT2D eigenvalue weighted by Crippen LogP contribution is 2.26. The van der Waals surface area contributed by atoms with E-state index in [1.165, 1.54) is 22.5 Å². The fourth-order valence-corrected chi connectivity index (χ4v) is 3.42. The summed E-state index contributed by atoms with van der Waals surface area (Å²) in [6.45, 7) is 6.01. The highest BCUT2D eigenvalue weighted by Gasteiger charge is 2.15. The van der Waals surface area contributed by atoms with E-state index in [-0.39, 0.29) is 18.6 Å². The number of benzene rings is 1. The van der Waals surface area contributed by atoms with Crippen LogP contribution in [-0.4, -0.2) is 36.7 Å². The predicted molar refractivity (Wildman–Crippen MR) is 97.5 cm³/mol. The highest BCUT2D eigenvalue weighted by atomic mass is 32.1. The smallest absolute Gasteiger partial charge is 0.240 e. The number of nitrogens with one attached hydrogen (secondary N) is 2. The first-order valence-electron chi connectivity index (χ1n) is 8.27. The molecule has 1 saturated heterocycles. The molecule has 0 saturated carbocycles. The van der Waals surface area contributed by atoms with E-state index in [4.69, 9.17) is 4.74 Å². The van der Waals surface area contributed by atoms with Crippen molar-refractivity contribution in [2.24, 2.45) is 0 Å². The number of anilines is 1. The average molecular weight is 345 g/mol. The second-order valence-corrected chi connectivity index (χ2v) is 7.01. The first kappa shape index (κ1) is 17.1. The molecule has 1 aliphatic rings. The van der Waals surface area contributed by atoms with Gasteiger partial charge in [-0.05, 0) is 43.9 Å². The molecule has 2 N–H and O–H groups in total. The molecule has 1 aromatic heterocycles. The molecule has 2 aromatic rings. The number of nitrogens with zero attached hydrogens (tertiary/aromatic N) is 1. The van der Waals surface area contributed by atoms with Crippen LogP contribution in [0.2, 0.25) is 0 Å². The molecule has 1 fully saturated rings. The van der Waals surface area contributed by atoms with Crippen LogP contribution in [0.3, 0.4) is 0 Å². The lowest BCUT2D eigenvalue weighted by Crippen LogP contribution is -2.33. The zero-order valence-corrected chi connectivity index (χ0v) is 14.9. The van der Waals surface area contributed by atoms with Gasteiger partial charge < -0.3 is 15.4 Å². The quantitative estimate of drug-likeness (QED) is 0.844. The molecule has 24 heavy (non-hydrogen) atoms. The summed E-state index contributed by atoms with van der Waals surface area (Å²) in [5, 5.41) is 8.59. The van der Waals surface area contributed by atoms with Gasteiger partial charge in [0.1, 0.15) is 0 Å². The van der Waals surface area contributed by atoms with Gasteiger partial charge in [-0.15, -0.1) is 11.3 Å². The maximum absolute atomic E-state index is 12.0. The van der Waals surface area contributed by atoms with Gasteiger partial charge in [-0.2, -0.15) is 0 Å². The lowest BCUT2D eigenvalue weighted by Gasteiger charge is -2.10. The van der Waals surface area contributed by atoms with Crippen LogP contribution < -0.4 is 10.6 Å². The second kappa shape index (κ2) is 7.88. The van der Waals surface area contributed by atoms with Crippen molar-refractivity contribution in [2.45, 2.75) is 32.8 Å². The summed E-state index contributed by atoms with van der Waals surface area (Å²) in [4.78, 5) is 16.5. The number of aromatic nitrogens is 1. The Labute approximate surface area is 146 Å². The van der Waals surface area contributed by atoms with E-state index in [0.29, 0.717) is 5.13 Å². The van der Waals surface area contributed by atoms with E-state index in [1.807, 2.05) is 5.38 Å². The molecule has 1 unspecified atom stereocenters. The van der Waals surface area contributed by atoms with Crippen LogP contribution in [0.5, 0.6) is 0 Å². The van der Waals surface area contributed by atoms with Crippen LogP contribution in [0.25, 0.3) is 11.3 Å². The summed E-state index contributed by atoms with van der Waals surface area (Å²) in [6, 6.07) is 6.28. The van der Waals surface area contributed by atoms with Crippen molar-refractivity contribution in [3.63, 3.8) is 0 Å². The Kier molecular flexibility index (Phi) is 5.60. The molecule has 5 nitrogen and oxygen atoms in total. The first-order chi connectivity index (χ1) is 11.6. The topological polar surface area (TPSA) is 63.2 Å². The number of aryl methyl sites for hydroxylation is 2. The third kappa shape index (κ3) is 4.41. The molecule has 1 atom stereocenters. The summed E-state index contributed by atoms with van der Waals surface area (Å²) in [6.07, 6.45) is 2.42. The lowest BCUT2D eigenvalue weighted by molar-refractivity contribution is -0.115. The number of rotatable bonds is 6. The zero-order chi connectivity index (χ0) is 16.9. The van der Waals surface area contributed by atoms with E-state index in [9.17, 15) is 4.79 Å². The Morgan fingerprint density at radius 2 is 2.25 bits per heavy atom. The molecule has 2 heterocycles. The van der Waals surface area contributed by atoms with E-state index in [2.05, 4.69) is 47.7 Å². The van der Waals surface area contributed by atoms with E-state index >= 15 is 0 Å². The Bertz CT molecular complexity index is 708. The van der Waals surface area contributed by atoms with E-state index < -0.39 is 0 Å². The SMILES string of the molecule is Cc1ccc(-c2csc(NC(=O)CNCC3CCCO3)n2)cc1C. The molecule has 0 spiro atoms. The number of thiazole rings is 1. The third-order valence-corrected chi connectivity index (χ3v) is 4.99. The molecule has 6 heteroatoms. The lowest BCUT2D eigenvalue weighted by atomic mass is 10.1. The van der Waals surface area contributed by atoms with Crippen LogP contribution in [-0.2, 0) is 9.53 Å². The van der Waals surface area contributed by atoms with Gasteiger partial charge in [0, 0.05) is 24.1 Å². The second-order valence-electron chi connectivity index (χ2n) is 6.15. The van der Waals surface area contributed by atoms with Crippen molar-refractivity contribution >= 4 is 22.4 Å². The van der Waals surface area contributed by atoms with Crippen LogP contribution >= 0.6 is 11.3 Å². The van der Waals surface area contributed by atoms with Crippen molar-refractivity contribution < 1.29 is 9.53 Å². The molecule has 0 aliphatic carbocycles. The Morgan fingerprint density at radius 1 is 1.38 bits per heavy atom. The average Bonchev–Trinajstić information content (AvgIpc) is 3.22. The van der Waals surface area contributed by atoms with Crippen molar-refractivity contribution in [1.29, 1.82) is 0 Å². The number of carbonyl (C=O) groups excluding carboxylic acids is 1. The number of ether oxygens (including phenoxy) is 1. The molecule has 0 bridgehead atoms. The predicted octanol–water partition coefficient (Wildman–Crippen LogP) is 3.13. The number of carbonyl (C=O) groups is 1. The Morgan fingerprint density at radius 3 is 3.00 bits per heavy atom. The van der Waals surface area contributed by atoms with Crippen molar-refractivity contribution in [2.75, 3.05) is 25.0 Å². The van der Waals surface area contributed by atoms with E-state index in [1.54, 1.807) is 0 Å². The van der Waals surface area contributed by atoms with Gasteiger partial charge in [-0.25, -0.2) is 4.98 Å². The molecule has 3 rings (SSSR count). The van der Waals surface area contributed by atoms with Crippen molar-refractivity contribution in [3.8, 4) is 11.3 Å². The van der Waals surface area contributed by atoms with Crippen LogP contribution in [0.4, 0.5) is 5.13 Å². The van der Waals surface area contributed by atoms with Crippen molar-refractivity contribution in [1.82, 2.24) is 10.3 Å². The van der Waals surface area contributed by atoms with Gasteiger partial charge in [0.15, 0.2) is 5.13 Å². The summed E-state index contributed by atoms with van der Waals surface area (Å²) >= 11 is 1.45. The fourth-order valence-electron chi connectivity index (χ4n) is 2.68. The molecule has 1 aromatic carbocycles. The summed E-state index contributed by atoms with van der Waals surface area (Å²) in [7, 11) is 0. The maximum atomic E-state index is 12.0. The zero-order valence-electron chi connectivity index (χ0n) is 14.1. The summed E-state index contributed by atoms with van der Waals surface area (Å²) in [5.41, 5.74) is 4.47. The minimum Gasteiger partial charge on any atom is -0.377 e. The first-order valence-corrected chi connectivity index (χ1v) is 9.15. The normalized spacial score (nSPS) is 17.2. The number of hydrogen-bond acceptors (Lipinski definition) is 5. The summed E-state index contributed by atoms with van der Waals surface area (Å²) in [5.74, 6) is -0.0750. The van der Waals surface area contributed by atoms with Gasteiger partial charge in [0.2, 0.25) is 5.91 Å². The van der Waals surface area contributed by atoms with Crippen LogP contribution in [0.15, 0.2) is 23.6 Å². The summed E-state index contributed by atoms with van der Waals surface area (Å²) < 4.78 is 5.52. The standard InChI is InChI=1S/C18H23N3O2S/c1-12-5-6-14(8-13(12)2)16-11-24-18(20-16)21-17(22)10-19-9-15-4-3-7-23-15/h5-6,8,11,15,19H,3-4,7,9-10H2,1-2H3,(H,20,21,22). The Hall–Kier alpha value is -1.76. The van der Waals surface area contributed by atoms with Crippen molar-refractivity contribution in [3.05, 3.63) is 34.7 Å². The molecular weight excluding hydrogens is 322 g/mol. The molecule has 0 radical (unpaired) electrons. The largest absolute Gasteiger partial charge is 0.377 e. The third-order valence-electron chi connectivity index (χ3n) is 4.23. The molecular formula is C18H23N3O2S. The van der Waals surface area contributed by atoms with Crippen LogP contribution in [0.1, 0.15) is 24.0 Å². The minimum absolute atomic E-state index is 0.0750. The molecule has 1 aliphatic heterocycles. The highest BCUT2D eigenvalue weighted by molar-refractivity contribution is 7.14. The van der Waals surface area contributed by atoms with Gasteiger partial charge in [-0.1, -0.05) is 12.1 Å². The van der Waals surface area contributed by atoms with Gasteiger partial charge >= 0.3 is 0 Å².